The lowest BCUT2D eigenvalue weighted by Gasteiger charge is -2.33. The maximum Gasteiger partial charge on any atom is 0.179 e. The summed E-state index contributed by atoms with van der Waals surface area (Å²) in [6, 6.07) is 10.6. The number of benzene rings is 1. The summed E-state index contributed by atoms with van der Waals surface area (Å²) >= 11 is 0. The first kappa shape index (κ1) is 14.1. The van der Waals surface area contributed by atoms with E-state index in [9.17, 15) is 0 Å². The average Bonchev–Trinajstić information content (AvgIpc) is 2.78. The van der Waals surface area contributed by atoms with Gasteiger partial charge in [0.15, 0.2) is 8.24 Å². The second-order valence-electron chi connectivity index (χ2n) is 6.84. The highest BCUT2D eigenvalue weighted by molar-refractivity contribution is 6.87. The minimum atomic E-state index is -1.64. The van der Waals surface area contributed by atoms with Crippen LogP contribution in [0.1, 0.15) is 27.2 Å². The Morgan fingerprint density at radius 2 is 1.63 bits per heavy atom. The zero-order chi connectivity index (χ0) is 14.1. The van der Waals surface area contributed by atoms with Gasteiger partial charge in [-0.25, -0.2) is 0 Å². The third kappa shape index (κ3) is 3.18. The molecule has 0 spiro atoms. The summed E-state index contributed by atoms with van der Waals surface area (Å²) in [4.78, 5) is 3.79. The van der Waals surface area contributed by atoms with E-state index in [4.69, 9.17) is 0 Å². The van der Waals surface area contributed by atoms with Crippen molar-refractivity contribution in [3.05, 3.63) is 53.3 Å². The third-order valence-electron chi connectivity index (χ3n) is 3.65. The maximum atomic E-state index is 3.79. The number of rotatable bonds is 3. The zero-order valence-corrected chi connectivity index (χ0v) is 13.7. The van der Waals surface area contributed by atoms with Crippen molar-refractivity contribution < 1.29 is 0 Å². The predicted molar refractivity (Wildman–Crippen MR) is 87.8 cm³/mol. The molecule has 0 amide bonds. The maximum absolute atomic E-state index is 3.79. The van der Waals surface area contributed by atoms with Crippen molar-refractivity contribution in [1.82, 2.24) is 0 Å². The largest absolute Gasteiger partial charge is 0.407 e. The molecule has 0 unspecified atom stereocenters. The second kappa shape index (κ2) is 5.01. The molecular formula is C17H25NSi. The summed E-state index contributed by atoms with van der Waals surface area (Å²) in [6.45, 7) is 11.7. The summed E-state index contributed by atoms with van der Waals surface area (Å²) < 4.78 is 0. The van der Waals surface area contributed by atoms with Gasteiger partial charge in [0.25, 0.3) is 0 Å². The molecule has 0 aliphatic heterocycles. The van der Waals surface area contributed by atoms with Crippen LogP contribution in [-0.2, 0) is 0 Å². The van der Waals surface area contributed by atoms with Crippen molar-refractivity contribution in [3.8, 4) is 0 Å². The Labute approximate surface area is 118 Å². The van der Waals surface area contributed by atoms with Crippen molar-refractivity contribution in [2.24, 2.45) is 5.41 Å². The Bertz CT molecular complexity index is 504. The minimum Gasteiger partial charge on any atom is -0.407 e. The van der Waals surface area contributed by atoms with Gasteiger partial charge in [0.05, 0.1) is 0 Å². The second-order valence-corrected chi connectivity index (χ2v) is 10.9. The van der Waals surface area contributed by atoms with Crippen LogP contribution in [0.5, 0.6) is 0 Å². The van der Waals surface area contributed by atoms with Gasteiger partial charge in [0, 0.05) is 5.69 Å². The van der Waals surface area contributed by atoms with Gasteiger partial charge in [-0.2, -0.15) is 0 Å². The van der Waals surface area contributed by atoms with Crippen LogP contribution in [0.25, 0.3) is 0 Å². The van der Waals surface area contributed by atoms with Crippen molar-refractivity contribution >= 4 is 13.9 Å². The molecular weight excluding hydrogens is 246 g/mol. The van der Waals surface area contributed by atoms with Gasteiger partial charge in [0.2, 0.25) is 0 Å². The molecule has 2 heteroatoms. The van der Waals surface area contributed by atoms with E-state index in [1.54, 1.807) is 5.20 Å². The topological polar surface area (TPSA) is 12.0 Å². The summed E-state index contributed by atoms with van der Waals surface area (Å²) in [6.07, 6.45) is 5.91. The van der Waals surface area contributed by atoms with Crippen LogP contribution in [-0.4, -0.2) is 8.24 Å². The molecule has 0 saturated heterocycles. The van der Waals surface area contributed by atoms with Crippen LogP contribution < -0.4 is 4.98 Å². The first-order valence-electron chi connectivity index (χ1n) is 7.05. The van der Waals surface area contributed by atoms with Crippen molar-refractivity contribution in [2.75, 3.05) is 4.98 Å². The number of anilines is 1. The molecule has 1 aromatic rings. The Morgan fingerprint density at radius 3 is 2.21 bits per heavy atom. The van der Waals surface area contributed by atoms with Gasteiger partial charge in [-0.15, -0.1) is 0 Å². The molecule has 1 N–H and O–H groups in total. The molecule has 19 heavy (non-hydrogen) atoms. The third-order valence-corrected chi connectivity index (χ3v) is 6.38. The van der Waals surface area contributed by atoms with Crippen LogP contribution in [0.4, 0.5) is 5.69 Å². The molecule has 0 aromatic heterocycles. The van der Waals surface area contributed by atoms with Crippen molar-refractivity contribution in [1.29, 1.82) is 0 Å². The minimum absolute atomic E-state index is 0.241. The first-order valence-corrected chi connectivity index (χ1v) is 10.1. The van der Waals surface area contributed by atoms with Gasteiger partial charge >= 0.3 is 0 Å². The van der Waals surface area contributed by atoms with E-state index in [1.807, 2.05) is 0 Å². The van der Waals surface area contributed by atoms with Crippen LogP contribution >= 0.6 is 0 Å². The van der Waals surface area contributed by atoms with Crippen molar-refractivity contribution in [2.45, 2.75) is 40.3 Å². The zero-order valence-electron chi connectivity index (χ0n) is 12.7. The van der Waals surface area contributed by atoms with Gasteiger partial charge in [0.1, 0.15) is 0 Å². The Hall–Kier alpha value is -1.28. The molecule has 0 atom stereocenters. The van der Waals surface area contributed by atoms with E-state index in [-0.39, 0.29) is 5.41 Å². The number of nitrogens with one attached hydrogen (secondary N) is 1. The molecule has 1 aliphatic rings. The summed E-state index contributed by atoms with van der Waals surface area (Å²) in [5.74, 6) is 0. The lowest BCUT2D eigenvalue weighted by Crippen LogP contribution is -2.41. The summed E-state index contributed by atoms with van der Waals surface area (Å²) in [5.41, 5.74) is 3.01. The van der Waals surface area contributed by atoms with Crippen LogP contribution in [0.2, 0.25) is 13.1 Å². The molecule has 0 bridgehead atoms. The Morgan fingerprint density at radius 1 is 1.00 bits per heavy atom. The Kier molecular flexibility index (Phi) is 3.72. The van der Waals surface area contributed by atoms with E-state index in [0.29, 0.717) is 0 Å². The van der Waals surface area contributed by atoms with E-state index in [0.717, 1.165) is 6.42 Å². The average molecular weight is 271 g/mol. The first-order chi connectivity index (χ1) is 8.81. The molecule has 0 heterocycles. The van der Waals surface area contributed by atoms with Gasteiger partial charge in [-0.1, -0.05) is 51.1 Å². The fourth-order valence-corrected chi connectivity index (χ4v) is 5.57. The molecule has 0 saturated carbocycles. The highest BCUT2D eigenvalue weighted by Gasteiger charge is 2.34. The molecule has 102 valence electrons. The molecule has 1 nitrogen and oxygen atoms in total. The van der Waals surface area contributed by atoms with Gasteiger partial charge in [-0.05, 0) is 47.8 Å². The van der Waals surface area contributed by atoms with E-state index < -0.39 is 8.24 Å². The van der Waals surface area contributed by atoms with E-state index in [1.165, 1.54) is 11.3 Å². The van der Waals surface area contributed by atoms with Crippen LogP contribution in [0.15, 0.2) is 53.3 Å². The summed E-state index contributed by atoms with van der Waals surface area (Å²) in [7, 11) is -1.64. The quantitative estimate of drug-likeness (QED) is 0.750. The molecule has 1 aliphatic carbocycles. The number of hydrogen-bond donors (Lipinski definition) is 1. The van der Waals surface area contributed by atoms with Crippen LogP contribution in [0, 0.1) is 5.41 Å². The molecule has 2 rings (SSSR count). The van der Waals surface area contributed by atoms with Crippen LogP contribution in [0.3, 0.4) is 0 Å². The highest BCUT2D eigenvalue weighted by atomic mass is 28.3. The molecule has 0 radical (unpaired) electrons. The molecule has 1 aromatic carbocycles. The lowest BCUT2D eigenvalue weighted by molar-refractivity contribution is 0.515. The number of para-hydroxylation sites is 1. The lowest BCUT2D eigenvalue weighted by atomic mass is 9.87. The van der Waals surface area contributed by atoms with Gasteiger partial charge < -0.3 is 4.98 Å². The Balaban J connectivity index is 2.24. The molecule has 0 fully saturated rings. The monoisotopic (exact) mass is 271 g/mol. The van der Waals surface area contributed by atoms with Crippen molar-refractivity contribution in [3.63, 3.8) is 0 Å². The SMILES string of the molecule is CC(C)(C)C1=CCC=C1[Si](C)(C)Nc1ccccc1. The normalized spacial score (nSPS) is 16.1. The number of hydrogen-bond acceptors (Lipinski definition) is 1. The standard InChI is InChI=1S/C17H25NSi/c1-17(2,3)15-12-9-13-16(15)19(4,5)18-14-10-7-6-8-11-14/h6-8,10-13,18H,9H2,1-5H3. The fourth-order valence-electron chi connectivity index (χ4n) is 2.77. The smallest absolute Gasteiger partial charge is 0.179 e. The van der Waals surface area contributed by atoms with Gasteiger partial charge in [-0.3, -0.25) is 0 Å². The highest BCUT2D eigenvalue weighted by Crippen LogP contribution is 2.39. The summed E-state index contributed by atoms with van der Waals surface area (Å²) in [5, 5.41) is 1.57. The predicted octanol–water partition coefficient (Wildman–Crippen LogP) is 5.15. The van der Waals surface area contributed by atoms with E-state index >= 15 is 0 Å². The van der Waals surface area contributed by atoms with E-state index in [2.05, 4.69) is 81.3 Å². The number of allylic oxidation sites excluding steroid dienone is 4. The fraction of sp³-hybridized carbons (Fsp3) is 0.412.